The van der Waals surface area contributed by atoms with E-state index in [0.717, 1.165) is 0 Å². The van der Waals surface area contributed by atoms with Crippen molar-refractivity contribution in [3.05, 3.63) is 53.8 Å². The number of halogens is 2. The van der Waals surface area contributed by atoms with Gasteiger partial charge in [0, 0.05) is 6.07 Å². The molecule has 0 amide bonds. The van der Waals surface area contributed by atoms with E-state index in [0.29, 0.717) is 11.3 Å². The van der Waals surface area contributed by atoms with Crippen molar-refractivity contribution in [1.82, 2.24) is 0 Å². The van der Waals surface area contributed by atoms with Crippen molar-refractivity contribution < 1.29 is 28.9 Å². The van der Waals surface area contributed by atoms with Gasteiger partial charge >= 0.3 is 5.97 Å². The number of hydrogen-bond acceptors (Lipinski definition) is 6. The number of benzene rings is 2. The molecule has 0 unspecified atom stereocenters. The van der Waals surface area contributed by atoms with Crippen molar-refractivity contribution >= 4 is 18.4 Å². The molecule has 0 aliphatic heterocycles. The number of ether oxygens (including phenoxy) is 2. The lowest BCUT2D eigenvalue weighted by molar-refractivity contribution is -0.145. The van der Waals surface area contributed by atoms with Crippen LogP contribution in [0.15, 0.2) is 42.5 Å². The maximum atomic E-state index is 13.0. The maximum absolute atomic E-state index is 13.0. The molecule has 25 heavy (non-hydrogen) atoms. The van der Waals surface area contributed by atoms with E-state index in [4.69, 9.17) is 15.2 Å². The molecule has 2 aromatic carbocycles. The number of rotatable bonds is 7. The zero-order valence-corrected chi connectivity index (χ0v) is 14.0. The number of nitrogens with two attached hydrogens (primary N) is 1. The molecule has 0 fully saturated rings. The first-order valence-corrected chi connectivity index (χ1v) is 7.27. The number of phenols is 2. The normalized spacial score (nSPS) is 11.3. The lowest BCUT2D eigenvalue weighted by Crippen LogP contribution is -2.35. The molecule has 0 spiro atoms. The van der Waals surface area contributed by atoms with Crippen molar-refractivity contribution in [2.75, 3.05) is 13.2 Å². The minimum Gasteiger partial charge on any atom is -0.504 e. The number of hydrogen-bond donors (Lipinski definition) is 3. The molecule has 8 heteroatoms. The van der Waals surface area contributed by atoms with Crippen LogP contribution in [0.1, 0.15) is 5.56 Å². The molecule has 0 heterocycles. The lowest BCUT2D eigenvalue weighted by Gasteiger charge is -2.12. The standard InChI is InChI=1S/C17H18FNO5.ClH/c18-12-2-1-3-13(10-12)23-6-7-24-17(22)14(19)8-11-4-5-15(20)16(21)9-11;/h1-5,9-10,14,20-21H,6-8,19H2;1H/t14-;/m0./s1. The SMILES string of the molecule is Cl.N[C@@H](Cc1ccc(O)c(O)c1)C(=O)OCCOc1cccc(F)c1. The second kappa shape index (κ2) is 9.71. The quantitative estimate of drug-likeness (QED) is 0.391. The van der Waals surface area contributed by atoms with Crippen molar-refractivity contribution in [2.45, 2.75) is 12.5 Å². The molecule has 0 bridgehead atoms. The van der Waals surface area contributed by atoms with Gasteiger partial charge in [-0.1, -0.05) is 12.1 Å². The predicted molar refractivity (Wildman–Crippen MR) is 91.6 cm³/mol. The topological polar surface area (TPSA) is 102 Å². The predicted octanol–water partition coefficient (Wildman–Crippen LogP) is 2.15. The summed E-state index contributed by atoms with van der Waals surface area (Å²) in [5.41, 5.74) is 6.33. The fraction of sp³-hybridized carbons (Fsp3) is 0.235. The van der Waals surface area contributed by atoms with Gasteiger partial charge in [-0.2, -0.15) is 0 Å². The maximum Gasteiger partial charge on any atom is 0.323 e. The average molecular weight is 372 g/mol. The summed E-state index contributed by atoms with van der Waals surface area (Å²) in [5, 5.41) is 18.6. The van der Waals surface area contributed by atoms with Gasteiger partial charge in [-0.15, -0.1) is 12.4 Å². The molecule has 0 aliphatic carbocycles. The molecule has 0 saturated heterocycles. The van der Waals surface area contributed by atoms with Crippen LogP contribution in [-0.4, -0.2) is 35.4 Å². The van der Waals surface area contributed by atoms with Crippen molar-refractivity contribution in [3.63, 3.8) is 0 Å². The third-order valence-electron chi connectivity index (χ3n) is 3.19. The fourth-order valence-corrected chi connectivity index (χ4v) is 2.00. The third kappa shape index (κ3) is 6.48. The van der Waals surface area contributed by atoms with Gasteiger partial charge < -0.3 is 25.4 Å². The van der Waals surface area contributed by atoms with E-state index < -0.39 is 17.8 Å². The first-order chi connectivity index (χ1) is 11.5. The summed E-state index contributed by atoms with van der Waals surface area (Å²) in [6.07, 6.45) is 0.150. The van der Waals surface area contributed by atoms with Gasteiger partial charge in [0.2, 0.25) is 0 Å². The smallest absolute Gasteiger partial charge is 0.323 e. The highest BCUT2D eigenvalue weighted by atomic mass is 35.5. The number of aromatic hydroxyl groups is 2. The zero-order chi connectivity index (χ0) is 17.5. The van der Waals surface area contributed by atoms with Gasteiger partial charge in [-0.25, -0.2) is 4.39 Å². The number of carbonyl (C=O) groups is 1. The van der Waals surface area contributed by atoms with E-state index in [2.05, 4.69) is 0 Å². The summed E-state index contributed by atoms with van der Waals surface area (Å²) in [5.74, 6) is -1.22. The van der Waals surface area contributed by atoms with Gasteiger partial charge in [0.1, 0.15) is 30.8 Å². The largest absolute Gasteiger partial charge is 0.504 e. The minimum atomic E-state index is -0.914. The number of esters is 1. The van der Waals surface area contributed by atoms with Gasteiger partial charge in [-0.05, 0) is 36.2 Å². The second-order valence-corrected chi connectivity index (χ2v) is 5.11. The molecule has 2 aromatic rings. The van der Waals surface area contributed by atoms with E-state index in [1.54, 1.807) is 12.1 Å². The highest BCUT2D eigenvalue weighted by Crippen LogP contribution is 2.25. The van der Waals surface area contributed by atoms with Crippen molar-refractivity contribution in [1.29, 1.82) is 0 Å². The summed E-state index contributed by atoms with van der Waals surface area (Å²) in [6, 6.07) is 8.91. The molecule has 0 radical (unpaired) electrons. The fourth-order valence-electron chi connectivity index (χ4n) is 2.00. The van der Waals surface area contributed by atoms with Gasteiger partial charge in [0.05, 0.1) is 0 Å². The van der Waals surface area contributed by atoms with Gasteiger partial charge in [0.15, 0.2) is 11.5 Å². The number of phenolic OH excluding ortho intramolecular Hbond substituents is 2. The molecule has 6 nitrogen and oxygen atoms in total. The first kappa shape index (κ1) is 20.5. The Hall–Kier alpha value is -2.51. The van der Waals surface area contributed by atoms with Crippen molar-refractivity contribution in [3.8, 4) is 17.2 Å². The molecule has 0 saturated carbocycles. The van der Waals surface area contributed by atoms with Crippen LogP contribution in [0.25, 0.3) is 0 Å². The van der Waals surface area contributed by atoms with Crippen molar-refractivity contribution in [2.24, 2.45) is 5.73 Å². The van der Waals surface area contributed by atoms with E-state index in [1.807, 2.05) is 0 Å². The summed E-state index contributed by atoms with van der Waals surface area (Å²) >= 11 is 0. The Morgan fingerprint density at radius 3 is 2.56 bits per heavy atom. The van der Waals surface area contributed by atoms with Gasteiger partial charge in [0.25, 0.3) is 0 Å². The van der Waals surface area contributed by atoms with E-state index in [9.17, 15) is 19.4 Å². The molecular formula is C17H19ClFNO5. The Balaban J connectivity index is 0.00000312. The van der Waals surface area contributed by atoms with Crippen LogP contribution in [-0.2, 0) is 16.0 Å². The summed E-state index contributed by atoms with van der Waals surface area (Å²) in [4.78, 5) is 11.8. The Bertz CT molecular complexity index is 713. The minimum absolute atomic E-state index is 0. The van der Waals surface area contributed by atoms with E-state index >= 15 is 0 Å². The van der Waals surface area contributed by atoms with Crippen LogP contribution < -0.4 is 10.5 Å². The molecule has 1 atom stereocenters. The van der Waals surface area contributed by atoms with Crippen LogP contribution in [0.3, 0.4) is 0 Å². The lowest BCUT2D eigenvalue weighted by atomic mass is 10.1. The molecular weight excluding hydrogens is 353 g/mol. The molecule has 0 aromatic heterocycles. The Morgan fingerprint density at radius 1 is 1.12 bits per heavy atom. The zero-order valence-electron chi connectivity index (χ0n) is 13.2. The monoisotopic (exact) mass is 371 g/mol. The number of carbonyl (C=O) groups excluding carboxylic acids is 1. The van der Waals surface area contributed by atoms with Crippen LogP contribution in [0.5, 0.6) is 17.2 Å². The van der Waals surface area contributed by atoms with Gasteiger partial charge in [-0.3, -0.25) is 4.79 Å². The summed E-state index contributed by atoms with van der Waals surface area (Å²) in [7, 11) is 0. The average Bonchev–Trinajstić information content (AvgIpc) is 2.55. The molecule has 2 rings (SSSR count). The van der Waals surface area contributed by atoms with Crippen LogP contribution in [0.4, 0.5) is 4.39 Å². The second-order valence-electron chi connectivity index (χ2n) is 5.11. The van der Waals surface area contributed by atoms with Crippen LogP contribution in [0.2, 0.25) is 0 Å². The van der Waals surface area contributed by atoms with E-state index in [-0.39, 0.29) is 43.5 Å². The first-order valence-electron chi connectivity index (χ1n) is 7.27. The highest BCUT2D eigenvalue weighted by Gasteiger charge is 2.16. The third-order valence-corrected chi connectivity index (χ3v) is 3.19. The Morgan fingerprint density at radius 2 is 1.88 bits per heavy atom. The molecule has 136 valence electrons. The molecule has 4 N–H and O–H groups in total. The van der Waals surface area contributed by atoms with E-state index in [1.165, 1.54) is 30.3 Å². The Labute approximate surface area is 150 Å². The highest BCUT2D eigenvalue weighted by molar-refractivity contribution is 5.85. The Kier molecular flexibility index (Phi) is 7.97. The summed E-state index contributed by atoms with van der Waals surface area (Å²) in [6.45, 7) is 0.0474. The van der Waals surface area contributed by atoms with Crippen LogP contribution >= 0.6 is 12.4 Å². The van der Waals surface area contributed by atoms with Crippen LogP contribution in [0, 0.1) is 5.82 Å². The molecule has 0 aliphatic rings. The summed E-state index contributed by atoms with van der Waals surface area (Å²) < 4.78 is 23.2.